The van der Waals surface area contributed by atoms with Gasteiger partial charge in [-0.2, -0.15) is 0 Å². The predicted octanol–water partition coefficient (Wildman–Crippen LogP) is 3.14. The Hall–Kier alpha value is -2.73. The van der Waals surface area contributed by atoms with Crippen LogP contribution in [0.25, 0.3) is 0 Å². The largest absolute Gasteiger partial charge is 0.496 e. The first-order chi connectivity index (χ1) is 12.4. The second-order valence-corrected chi connectivity index (χ2v) is 6.22. The maximum Gasteiger partial charge on any atom is 0.310 e. The van der Waals surface area contributed by atoms with Crippen LogP contribution in [0.5, 0.6) is 5.75 Å². The number of nitrogens with one attached hydrogen (secondary N) is 1. The maximum absolute atomic E-state index is 12.0. The van der Waals surface area contributed by atoms with Crippen molar-refractivity contribution in [3.05, 3.63) is 53.1 Å². The van der Waals surface area contributed by atoms with E-state index in [-0.39, 0.29) is 13.0 Å². The molecule has 0 aliphatic rings. The van der Waals surface area contributed by atoms with Crippen molar-refractivity contribution in [2.45, 2.75) is 6.42 Å². The minimum Gasteiger partial charge on any atom is -0.496 e. The number of anilines is 2. The van der Waals surface area contributed by atoms with Crippen LogP contribution in [0, 0.1) is 0 Å². The fraction of sp³-hybridized carbons (Fsp3) is 0.263. The number of carbonyl (C=O) groups excluding carboxylic acids is 2. The second-order valence-electron chi connectivity index (χ2n) is 5.78. The number of ether oxygens (including phenoxy) is 2. The average Bonchev–Trinajstić information content (AvgIpc) is 2.60. The van der Waals surface area contributed by atoms with Crippen molar-refractivity contribution >= 4 is 34.9 Å². The van der Waals surface area contributed by atoms with E-state index in [1.54, 1.807) is 30.3 Å². The Bertz CT molecular complexity index is 776. The fourth-order valence-electron chi connectivity index (χ4n) is 2.28. The molecule has 0 heterocycles. The molecule has 0 aliphatic heterocycles. The summed E-state index contributed by atoms with van der Waals surface area (Å²) in [7, 11) is 5.37. The highest BCUT2D eigenvalue weighted by Crippen LogP contribution is 2.23. The highest BCUT2D eigenvalue weighted by atomic mass is 35.5. The quantitative estimate of drug-likeness (QED) is 0.752. The van der Waals surface area contributed by atoms with Crippen LogP contribution >= 0.6 is 11.6 Å². The van der Waals surface area contributed by atoms with E-state index in [0.717, 1.165) is 5.69 Å². The van der Waals surface area contributed by atoms with Crippen LogP contribution in [-0.4, -0.2) is 39.7 Å². The number of hydrogen-bond acceptors (Lipinski definition) is 5. The van der Waals surface area contributed by atoms with Crippen molar-refractivity contribution < 1.29 is 19.1 Å². The van der Waals surface area contributed by atoms with Gasteiger partial charge in [-0.3, -0.25) is 9.59 Å². The molecule has 0 radical (unpaired) electrons. The normalized spacial score (nSPS) is 10.2. The monoisotopic (exact) mass is 376 g/mol. The van der Waals surface area contributed by atoms with Crippen molar-refractivity contribution in [1.82, 2.24) is 0 Å². The zero-order valence-corrected chi connectivity index (χ0v) is 15.7. The van der Waals surface area contributed by atoms with Gasteiger partial charge in [0.2, 0.25) is 0 Å². The molecule has 7 heteroatoms. The molecule has 0 aliphatic carbocycles. The van der Waals surface area contributed by atoms with E-state index in [9.17, 15) is 9.59 Å². The molecule has 0 aromatic heterocycles. The molecule has 138 valence electrons. The molecule has 0 fully saturated rings. The number of nitrogens with zero attached hydrogens (tertiary/aromatic N) is 1. The number of methoxy groups -OCH3 is 1. The van der Waals surface area contributed by atoms with Crippen molar-refractivity contribution in [3.63, 3.8) is 0 Å². The molecule has 2 aromatic carbocycles. The van der Waals surface area contributed by atoms with E-state index in [1.807, 2.05) is 31.1 Å². The molecular formula is C19H21ClN2O4. The van der Waals surface area contributed by atoms with Gasteiger partial charge in [0.15, 0.2) is 6.61 Å². The summed E-state index contributed by atoms with van der Waals surface area (Å²) in [4.78, 5) is 25.8. The Morgan fingerprint density at radius 2 is 1.81 bits per heavy atom. The van der Waals surface area contributed by atoms with Crippen molar-refractivity contribution in [2.24, 2.45) is 0 Å². The molecule has 0 atom stereocenters. The standard InChI is InChI=1S/C19H21ClN2O4/c1-22(2)16-7-5-15(6-8-16)21-18(23)12-26-19(24)11-13-10-14(20)4-9-17(13)25-3/h4-10H,11-12H2,1-3H3,(H,21,23). The summed E-state index contributed by atoms with van der Waals surface area (Å²) < 4.78 is 10.2. The zero-order chi connectivity index (χ0) is 19.1. The Labute approximate surface area is 157 Å². The predicted molar refractivity (Wildman–Crippen MR) is 102 cm³/mol. The van der Waals surface area contributed by atoms with Gasteiger partial charge in [0.1, 0.15) is 5.75 Å². The second kappa shape index (κ2) is 9.10. The van der Waals surface area contributed by atoms with E-state index in [2.05, 4.69) is 5.32 Å². The third-order valence-electron chi connectivity index (χ3n) is 3.61. The van der Waals surface area contributed by atoms with E-state index < -0.39 is 11.9 Å². The maximum atomic E-state index is 12.0. The summed E-state index contributed by atoms with van der Waals surface area (Å²) in [6, 6.07) is 12.3. The van der Waals surface area contributed by atoms with Gasteiger partial charge in [-0.05, 0) is 42.5 Å². The number of rotatable bonds is 7. The van der Waals surface area contributed by atoms with Gasteiger partial charge in [0.05, 0.1) is 13.5 Å². The minimum absolute atomic E-state index is 0.0332. The molecule has 2 rings (SSSR count). The lowest BCUT2D eigenvalue weighted by Gasteiger charge is -2.13. The molecule has 6 nitrogen and oxygen atoms in total. The number of amides is 1. The molecule has 0 bridgehead atoms. The van der Waals surface area contributed by atoms with Crippen molar-refractivity contribution in [1.29, 1.82) is 0 Å². The van der Waals surface area contributed by atoms with E-state index >= 15 is 0 Å². The van der Waals surface area contributed by atoms with Crippen LogP contribution in [0.3, 0.4) is 0 Å². The average molecular weight is 377 g/mol. The number of esters is 1. The van der Waals surface area contributed by atoms with E-state index in [0.29, 0.717) is 22.0 Å². The minimum atomic E-state index is -0.538. The van der Waals surface area contributed by atoms with Crippen LogP contribution in [0.4, 0.5) is 11.4 Å². The van der Waals surface area contributed by atoms with Crippen LogP contribution < -0.4 is 15.0 Å². The van der Waals surface area contributed by atoms with Gasteiger partial charge in [-0.1, -0.05) is 11.6 Å². The van der Waals surface area contributed by atoms with Crippen molar-refractivity contribution in [2.75, 3.05) is 38.0 Å². The molecular weight excluding hydrogens is 356 g/mol. The van der Waals surface area contributed by atoms with Gasteiger partial charge in [0.25, 0.3) is 5.91 Å². The first-order valence-electron chi connectivity index (χ1n) is 7.94. The van der Waals surface area contributed by atoms with Gasteiger partial charge >= 0.3 is 5.97 Å². The van der Waals surface area contributed by atoms with Gasteiger partial charge < -0.3 is 19.7 Å². The summed E-state index contributed by atoms with van der Waals surface area (Å²) in [5, 5.41) is 3.17. The third kappa shape index (κ3) is 5.67. The third-order valence-corrected chi connectivity index (χ3v) is 3.84. The molecule has 0 saturated carbocycles. The lowest BCUT2D eigenvalue weighted by atomic mass is 10.1. The molecule has 1 amide bonds. The Morgan fingerprint density at radius 3 is 2.42 bits per heavy atom. The highest BCUT2D eigenvalue weighted by Gasteiger charge is 2.13. The van der Waals surface area contributed by atoms with Crippen LogP contribution in [-0.2, 0) is 20.7 Å². The number of halogens is 1. The van der Waals surface area contributed by atoms with Gasteiger partial charge in [-0.15, -0.1) is 0 Å². The Balaban J connectivity index is 1.85. The van der Waals surface area contributed by atoms with Crippen LogP contribution in [0.1, 0.15) is 5.56 Å². The molecule has 0 saturated heterocycles. The number of benzene rings is 2. The lowest BCUT2D eigenvalue weighted by molar-refractivity contribution is -0.146. The van der Waals surface area contributed by atoms with Crippen LogP contribution in [0.15, 0.2) is 42.5 Å². The van der Waals surface area contributed by atoms with E-state index in [4.69, 9.17) is 21.1 Å². The zero-order valence-electron chi connectivity index (χ0n) is 14.9. The summed E-state index contributed by atoms with van der Waals surface area (Å²) >= 11 is 5.93. The molecule has 1 N–H and O–H groups in total. The van der Waals surface area contributed by atoms with E-state index in [1.165, 1.54) is 7.11 Å². The highest BCUT2D eigenvalue weighted by molar-refractivity contribution is 6.30. The topological polar surface area (TPSA) is 67.9 Å². The first-order valence-corrected chi connectivity index (χ1v) is 8.32. The first kappa shape index (κ1) is 19.6. The van der Waals surface area contributed by atoms with Crippen LogP contribution in [0.2, 0.25) is 5.02 Å². The number of hydrogen-bond donors (Lipinski definition) is 1. The van der Waals surface area contributed by atoms with Gasteiger partial charge in [0, 0.05) is 36.1 Å². The smallest absolute Gasteiger partial charge is 0.310 e. The molecule has 0 spiro atoms. The summed E-state index contributed by atoms with van der Waals surface area (Å²) in [6.45, 7) is -0.364. The molecule has 0 unspecified atom stereocenters. The number of carbonyl (C=O) groups is 2. The van der Waals surface area contributed by atoms with Gasteiger partial charge in [-0.25, -0.2) is 0 Å². The Kier molecular flexibility index (Phi) is 6.86. The summed E-state index contributed by atoms with van der Waals surface area (Å²) in [5.74, 6) is -0.408. The molecule has 26 heavy (non-hydrogen) atoms. The summed E-state index contributed by atoms with van der Waals surface area (Å²) in [6.07, 6.45) is -0.0332. The SMILES string of the molecule is COc1ccc(Cl)cc1CC(=O)OCC(=O)Nc1ccc(N(C)C)cc1. The summed E-state index contributed by atoms with van der Waals surface area (Å²) in [5.41, 5.74) is 2.25. The fourth-order valence-corrected chi connectivity index (χ4v) is 2.47. The Morgan fingerprint density at radius 1 is 1.12 bits per heavy atom. The lowest BCUT2D eigenvalue weighted by Crippen LogP contribution is -2.21. The van der Waals surface area contributed by atoms with Crippen molar-refractivity contribution in [3.8, 4) is 5.75 Å². The molecule has 2 aromatic rings.